The van der Waals surface area contributed by atoms with Crippen molar-refractivity contribution in [2.75, 3.05) is 5.73 Å². The van der Waals surface area contributed by atoms with E-state index in [-0.39, 0.29) is 0 Å². The third-order valence-corrected chi connectivity index (χ3v) is 3.53. The van der Waals surface area contributed by atoms with Gasteiger partial charge in [-0.2, -0.15) is 0 Å². The Kier molecular flexibility index (Phi) is 2.01. The van der Waals surface area contributed by atoms with Gasteiger partial charge in [0.15, 0.2) is 0 Å². The molecule has 0 spiro atoms. The molecule has 1 fully saturated rings. The summed E-state index contributed by atoms with van der Waals surface area (Å²) in [6, 6.07) is 6.14. The lowest BCUT2D eigenvalue weighted by molar-refractivity contribution is 1.29. The van der Waals surface area contributed by atoms with Crippen molar-refractivity contribution in [2.45, 2.75) is 29.9 Å². The summed E-state index contributed by atoms with van der Waals surface area (Å²) in [6.45, 7) is 2.14. The first kappa shape index (κ1) is 7.99. The van der Waals surface area contributed by atoms with Crippen LogP contribution in [0.4, 0.5) is 5.69 Å². The first-order valence-corrected chi connectivity index (χ1v) is 5.16. The molecular weight excluding hydrogens is 166 g/mol. The van der Waals surface area contributed by atoms with E-state index in [1.165, 1.54) is 23.3 Å². The van der Waals surface area contributed by atoms with Crippen LogP contribution in [0.3, 0.4) is 0 Å². The van der Waals surface area contributed by atoms with Gasteiger partial charge in [0.1, 0.15) is 0 Å². The van der Waals surface area contributed by atoms with E-state index in [0.717, 1.165) is 10.9 Å². The molecule has 0 aromatic heterocycles. The predicted octanol–water partition coefficient (Wildman–Crippen LogP) is 2.83. The second-order valence-electron chi connectivity index (χ2n) is 3.34. The molecule has 0 atom stereocenters. The van der Waals surface area contributed by atoms with Crippen molar-refractivity contribution in [1.82, 2.24) is 0 Å². The van der Waals surface area contributed by atoms with Crippen LogP contribution in [0.25, 0.3) is 0 Å². The Morgan fingerprint density at radius 1 is 1.42 bits per heavy atom. The van der Waals surface area contributed by atoms with Crippen molar-refractivity contribution in [1.29, 1.82) is 0 Å². The molecule has 0 bridgehead atoms. The molecular formula is C10H13NS. The summed E-state index contributed by atoms with van der Waals surface area (Å²) in [5.41, 5.74) is 7.94. The van der Waals surface area contributed by atoms with E-state index in [0.29, 0.717) is 0 Å². The highest BCUT2D eigenvalue weighted by atomic mass is 32.2. The summed E-state index contributed by atoms with van der Waals surface area (Å²) in [6.07, 6.45) is 2.75. The molecule has 0 amide bonds. The minimum absolute atomic E-state index is 0.866. The van der Waals surface area contributed by atoms with Crippen LogP contribution in [0.1, 0.15) is 18.4 Å². The Labute approximate surface area is 77.3 Å². The van der Waals surface area contributed by atoms with E-state index in [9.17, 15) is 0 Å². The largest absolute Gasteiger partial charge is 0.399 e. The van der Waals surface area contributed by atoms with Crippen LogP contribution >= 0.6 is 11.8 Å². The summed E-state index contributed by atoms with van der Waals surface area (Å²) in [7, 11) is 0. The van der Waals surface area contributed by atoms with Gasteiger partial charge in [-0.05, 0) is 37.5 Å². The fourth-order valence-corrected chi connectivity index (χ4v) is 2.30. The Morgan fingerprint density at radius 3 is 2.83 bits per heavy atom. The van der Waals surface area contributed by atoms with Gasteiger partial charge in [0.05, 0.1) is 0 Å². The Morgan fingerprint density at radius 2 is 2.17 bits per heavy atom. The molecule has 2 heteroatoms. The zero-order chi connectivity index (χ0) is 8.55. The van der Waals surface area contributed by atoms with Crippen molar-refractivity contribution in [3.8, 4) is 0 Å². The van der Waals surface area contributed by atoms with Crippen LogP contribution in [0.15, 0.2) is 23.1 Å². The summed E-state index contributed by atoms with van der Waals surface area (Å²) in [4.78, 5) is 1.36. The number of aryl methyl sites for hydroxylation is 1. The van der Waals surface area contributed by atoms with Crippen LogP contribution in [-0.4, -0.2) is 5.25 Å². The number of thioether (sulfide) groups is 1. The summed E-state index contributed by atoms with van der Waals surface area (Å²) < 4.78 is 0. The molecule has 1 aromatic rings. The molecule has 12 heavy (non-hydrogen) atoms. The van der Waals surface area contributed by atoms with Crippen LogP contribution in [-0.2, 0) is 0 Å². The number of hydrogen-bond donors (Lipinski definition) is 1. The molecule has 0 radical (unpaired) electrons. The molecule has 1 nitrogen and oxygen atoms in total. The third kappa shape index (κ3) is 1.75. The smallest absolute Gasteiger partial charge is 0.0325 e. The van der Waals surface area contributed by atoms with Crippen molar-refractivity contribution >= 4 is 17.4 Å². The van der Waals surface area contributed by atoms with Gasteiger partial charge in [0.2, 0.25) is 0 Å². The van der Waals surface area contributed by atoms with Gasteiger partial charge in [0, 0.05) is 15.8 Å². The first-order valence-electron chi connectivity index (χ1n) is 4.28. The predicted molar refractivity (Wildman–Crippen MR) is 54.5 cm³/mol. The molecule has 0 unspecified atom stereocenters. The molecule has 1 aliphatic carbocycles. The Balaban J connectivity index is 2.21. The van der Waals surface area contributed by atoms with E-state index >= 15 is 0 Å². The van der Waals surface area contributed by atoms with Crippen molar-refractivity contribution in [3.05, 3.63) is 23.8 Å². The Hall–Kier alpha value is -0.630. The fraction of sp³-hybridized carbons (Fsp3) is 0.400. The van der Waals surface area contributed by atoms with Crippen LogP contribution < -0.4 is 5.73 Å². The van der Waals surface area contributed by atoms with E-state index in [1.54, 1.807) is 0 Å². The molecule has 1 aliphatic rings. The van der Waals surface area contributed by atoms with E-state index in [4.69, 9.17) is 5.73 Å². The molecule has 1 aromatic carbocycles. The van der Waals surface area contributed by atoms with Crippen molar-refractivity contribution in [2.24, 2.45) is 0 Å². The zero-order valence-corrected chi connectivity index (χ0v) is 8.03. The third-order valence-electron chi connectivity index (χ3n) is 2.03. The standard InChI is InChI=1S/C10H13NS/c1-7-2-3-8(11)6-10(7)12-9-4-5-9/h2-3,6,9H,4-5,11H2,1H3. The fourth-order valence-electron chi connectivity index (χ4n) is 1.11. The monoisotopic (exact) mass is 179 g/mol. The van der Waals surface area contributed by atoms with Gasteiger partial charge in [0.25, 0.3) is 0 Å². The molecule has 64 valence electrons. The van der Waals surface area contributed by atoms with Crippen LogP contribution in [0.2, 0.25) is 0 Å². The summed E-state index contributed by atoms with van der Waals surface area (Å²) in [5, 5.41) is 0.866. The van der Waals surface area contributed by atoms with Gasteiger partial charge in [-0.1, -0.05) is 6.07 Å². The maximum absolute atomic E-state index is 5.71. The Bertz CT molecular complexity index is 292. The number of benzene rings is 1. The van der Waals surface area contributed by atoms with Crippen molar-refractivity contribution in [3.63, 3.8) is 0 Å². The topological polar surface area (TPSA) is 26.0 Å². The van der Waals surface area contributed by atoms with E-state index in [1.807, 2.05) is 17.8 Å². The minimum Gasteiger partial charge on any atom is -0.399 e. The zero-order valence-electron chi connectivity index (χ0n) is 7.21. The number of nitrogens with two attached hydrogens (primary N) is 1. The van der Waals surface area contributed by atoms with E-state index in [2.05, 4.69) is 19.1 Å². The molecule has 2 N–H and O–H groups in total. The highest BCUT2D eigenvalue weighted by molar-refractivity contribution is 8.00. The molecule has 0 saturated heterocycles. The lowest BCUT2D eigenvalue weighted by atomic mass is 10.2. The normalized spacial score (nSPS) is 16.4. The number of hydrogen-bond acceptors (Lipinski definition) is 2. The number of nitrogen functional groups attached to an aromatic ring is 1. The summed E-state index contributed by atoms with van der Waals surface area (Å²) in [5.74, 6) is 0. The lowest BCUT2D eigenvalue weighted by Gasteiger charge is -2.04. The highest BCUT2D eigenvalue weighted by Crippen LogP contribution is 2.40. The van der Waals surface area contributed by atoms with Crippen LogP contribution in [0.5, 0.6) is 0 Å². The first-order chi connectivity index (χ1) is 5.75. The van der Waals surface area contributed by atoms with Gasteiger partial charge >= 0.3 is 0 Å². The van der Waals surface area contributed by atoms with Gasteiger partial charge in [-0.3, -0.25) is 0 Å². The van der Waals surface area contributed by atoms with Gasteiger partial charge in [-0.15, -0.1) is 11.8 Å². The second-order valence-corrected chi connectivity index (χ2v) is 4.68. The maximum Gasteiger partial charge on any atom is 0.0325 e. The molecule has 0 aliphatic heterocycles. The van der Waals surface area contributed by atoms with Gasteiger partial charge < -0.3 is 5.73 Å². The lowest BCUT2D eigenvalue weighted by Crippen LogP contribution is -1.87. The quantitative estimate of drug-likeness (QED) is 0.706. The minimum atomic E-state index is 0.866. The average Bonchev–Trinajstić information content (AvgIpc) is 2.81. The SMILES string of the molecule is Cc1ccc(N)cc1SC1CC1. The summed E-state index contributed by atoms with van der Waals surface area (Å²) >= 11 is 1.97. The number of rotatable bonds is 2. The molecule has 1 saturated carbocycles. The average molecular weight is 179 g/mol. The maximum atomic E-state index is 5.71. The highest BCUT2D eigenvalue weighted by Gasteiger charge is 2.22. The number of anilines is 1. The molecule has 0 heterocycles. The molecule has 2 rings (SSSR count). The van der Waals surface area contributed by atoms with Crippen molar-refractivity contribution < 1.29 is 0 Å². The second kappa shape index (κ2) is 3.02. The van der Waals surface area contributed by atoms with E-state index < -0.39 is 0 Å². The van der Waals surface area contributed by atoms with Gasteiger partial charge in [-0.25, -0.2) is 0 Å². The van der Waals surface area contributed by atoms with Crippen LogP contribution in [0, 0.1) is 6.92 Å².